The molecule has 2 aliphatic rings. The van der Waals surface area contributed by atoms with Gasteiger partial charge >= 0.3 is 12.3 Å². The van der Waals surface area contributed by atoms with Gasteiger partial charge < -0.3 is 19.9 Å². The molecule has 0 unspecified atom stereocenters. The van der Waals surface area contributed by atoms with Crippen LogP contribution in [0.4, 0.5) is 28.0 Å². The third-order valence-corrected chi connectivity index (χ3v) is 8.44. The van der Waals surface area contributed by atoms with Crippen molar-refractivity contribution in [1.82, 2.24) is 20.4 Å². The second-order valence-corrected chi connectivity index (χ2v) is 12.2. The number of hydrogen-bond acceptors (Lipinski definition) is 8. The Balaban J connectivity index is 1.44. The minimum atomic E-state index is -4.48. The van der Waals surface area contributed by atoms with Crippen LogP contribution in [0, 0.1) is 0 Å². The Morgan fingerprint density at radius 3 is 2.74 bits per heavy atom. The topological polar surface area (TPSA) is 92.5 Å². The Bertz CT molecular complexity index is 1350. The average Bonchev–Trinajstić information content (AvgIpc) is 3.50. The molecular weight excluding hydrogens is 538 g/mol. The molecule has 0 aliphatic carbocycles. The van der Waals surface area contributed by atoms with Gasteiger partial charge in [0.2, 0.25) is 11.7 Å². The summed E-state index contributed by atoms with van der Waals surface area (Å²) < 4.78 is 67.3. The fourth-order valence-corrected chi connectivity index (χ4v) is 6.68. The molecule has 5 rings (SSSR count). The minimum absolute atomic E-state index is 0.0110. The highest BCUT2D eigenvalue weighted by molar-refractivity contribution is 7.23. The molecule has 0 saturated carbocycles. The third kappa shape index (κ3) is 5.98. The van der Waals surface area contributed by atoms with Crippen LogP contribution in [0.25, 0.3) is 20.8 Å². The van der Waals surface area contributed by atoms with Gasteiger partial charge in [-0.05, 0) is 64.1 Å². The van der Waals surface area contributed by atoms with Gasteiger partial charge in [-0.25, -0.2) is 9.18 Å². The van der Waals surface area contributed by atoms with E-state index in [1.807, 2.05) is 7.05 Å². The van der Waals surface area contributed by atoms with Crippen molar-refractivity contribution >= 4 is 33.2 Å². The van der Waals surface area contributed by atoms with Gasteiger partial charge in [-0.3, -0.25) is 4.90 Å². The van der Waals surface area contributed by atoms with Gasteiger partial charge in [-0.2, -0.15) is 18.2 Å². The number of halogens is 4. The van der Waals surface area contributed by atoms with Crippen LogP contribution in [0.2, 0.25) is 0 Å². The number of carbonyl (C=O) groups excluding carboxylic acids is 1. The number of ether oxygens (including phenoxy) is 1. The predicted octanol–water partition coefficient (Wildman–Crippen LogP) is 6.07. The van der Waals surface area contributed by atoms with Gasteiger partial charge in [0.15, 0.2) is 0 Å². The van der Waals surface area contributed by atoms with Crippen molar-refractivity contribution in [1.29, 1.82) is 0 Å². The number of hydrogen-bond donors (Lipinski definition) is 2. The van der Waals surface area contributed by atoms with E-state index < -0.39 is 36.5 Å². The zero-order chi connectivity index (χ0) is 28.1. The van der Waals surface area contributed by atoms with Crippen molar-refractivity contribution in [3.63, 3.8) is 0 Å². The maximum Gasteiger partial charge on any atom is 0.408 e. The lowest BCUT2D eigenvalue weighted by Gasteiger charge is -2.39. The molecule has 4 atom stereocenters. The lowest BCUT2D eigenvalue weighted by atomic mass is 9.95. The Hall–Kier alpha value is -2.93. The molecule has 2 bridgehead atoms. The summed E-state index contributed by atoms with van der Waals surface area (Å²) in [5.74, 6) is 0.00906. The summed E-state index contributed by atoms with van der Waals surface area (Å²) >= 11 is 1.11. The van der Waals surface area contributed by atoms with Crippen molar-refractivity contribution in [2.24, 2.45) is 0 Å². The molecule has 0 radical (unpaired) electrons. The molecule has 39 heavy (non-hydrogen) atoms. The van der Waals surface area contributed by atoms with Crippen molar-refractivity contribution < 1.29 is 31.6 Å². The third-order valence-electron chi connectivity index (χ3n) is 7.16. The molecule has 3 aromatic rings. The van der Waals surface area contributed by atoms with E-state index in [-0.39, 0.29) is 40.8 Å². The maximum absolute atomic E-state index is 15.3. The molecule has 8 nitrogen and oxygen atoms in total. The zero-order valence-corrected chi connectivity index (χ0v) is 22.9. The summed E-state index contributed by atoms with van der Waals surface area (Å²) in [6, 6.07) is 4.75. The average molecular weight is 570 g/mol. The number of aromatic nitrogens is 2. The Kier molecular flexibility index (Phi) is 7.25. The summed E-state index contributed by atoms with van der Waals surface area (Å²) in [5, 5.41) is 10.1. The van der Waals surface area contributed by atoms with E-state index in [2.05, 4.69) is 25.7 Å². The van der Waals surface area contributed by atoms with E-state index in [1.54, 1.807) is 39.0 Å². The van der Waals surface area contributed by atoms with Gasteiger partial charge in [0.05, 0.1) is 27.7 Å². The first-order valence-corrected chi connectivity index (χ1v) is 13.6. The van der Waals surface area contributed by atoms with Crippen LogP contribution >= 0.6 is 11.3 Å². The first-order chi connectivity index (χ1) is 18.3. The Labute approximate surface area is 227 Å². The molecular formula is C26H31F4N5O3S. The van der Waals surface area contributed by atoms with Gasteiger partial charge in [0.25, 0.3) is 0 Å². The molecule has 2 aliphatic heterocycles. The van der Waals surface area contributed by atoms with Crippen LogP contribution in [0.15, 0.2) is 22.7 Å². The Morgan fingerprint density at radius 2 is 2.03 bits per heavy atom. The number of anilines is 1. The summed E-state index contributed by atoms with van der Waals surface area (Å²) in [4.78, 5) is 18.5. The fourth-order valence-electron chi connectivity index (χ4n) is 5.46. The van der Waals surface area contributed by atoms with Crippen molar-refractivity contribution in [2.45, 2.75) is 89.1 Å². The lowest BCUT2D eigenvalue weighted by molar-refractivity contribution is -0.126. The number of nitrogens with one attached hydrogen (secondary N) is 2. The molecule has 4 heterocycles. The van der Waals surface area contributed by atoms with Crippen LogP contribution in [0.1, 0.15) is 51.5 Å². The predicted molar refractivity (Wildman–Crippen MR) is 139 cm³/mol. The lowest BCUT2D eigenvalue weighted by Crippen LogP contribution is -2.53. The largest absolute Gasteiger partial charge is 0.444 e. The molecule has 2 saturated heterocycles. The number of alkyl carbamates (subject to hydrolysis) is 1. The number of thiophene rings is 1. The zero-order valence-electron chi connectivity index (χ0n) is 22.1. The van der Waals surface area contributed by atoms with Crippen LogP contribution in [0.5, 0.6) is 0 Å². The van der Waals surface area contributed by atoms with E-state index in [1.165, 1.54) is 0 Å². The first-order valence-electron chi connectivity index (χ1n) is 12.8. The molecule has 0 spiro atoms. The number of piperidine rings is 1. The number of benzene rings is 1. The number of amides is 1. The molecule has 2 N–H and O–H groups in total. The van der Waals surface area contributed by atoms with E-state index in [9.17, 15) is 18.0 Å². The summed E-state index contributed by atoms with van der Waals surface area (Å²) in [6.45, 7) is 5.00. The second-order valence-electron chi connectivity index (χ2n) is 11.1. The minimum Gasteiger partial charge on any atom is -0.444 e. The SMILES string of the molecule is CN1[C@@H]2CC[C@H]1[C@H](F)[C@H](Nc1cccc3c(CC(F)(F)F)c(-c4noc(CNC(=O)OC(C)(C)C)n4)sc13)C2. The molecule has 1 amide bonds. The first kappa shape index (κ1) is 27.6. The van der Waals surface area contributed by atoms with E-state index in [4.69, 9.17) is 9.26 Å². The smallest absolute Gasteiger partial charge is 0.408 e. The summed E-state index contributed by atoms with van der Waals surface area (Å²) in [6.07, 6.45) is -5.08. The highest BCUT2D eigenvalue weighted by Gasteiger charge is 2.46. The standard InChI is InChI=1S/C26H31F4N5O3S/c1-25(2,3)37-24(36)31-12-19-33-23(34-38-19)22-15(11-26(28,29)30)14-6-5-7-16(21(14)39-22)32-17-10-13-8-9-18(20(17)27)35(13)4/h5-7,13,17-18,20,32H,8-12H2,1-4H3,(H,31,36)/t13-,17-,18+,20-/m1/s1. The number of nitrogens with zero attached hydrogens (tertiary/aromatic N) is 3. The highest BCUT2D eigenvalue weighted by atomic mass is 32.1. The van der Waals surface area contributed by atoms with Crippen LogP contribution in [-0.4, -0.2) is 64.3 Å². The van der Waals surface area contributed by atoms with Gasteiger partial charge in [0.1, 0.15) is 18.3 Å². The summed E-state index contributed by atoms with van der Waals surface area (Å²) in [5.41, 5.74) is -0.0905. The van der Waals surface area contributed by atoms with E-state index >= 15 is 4.39 Å². The quantitative estimate of drug-likeness (QED) is 0.349. The van der Waals surface area contributed by atoms with Crippen molar-refractivity contribution in [3.05, 3.63) is 29.7 Å². The monoisotopic (exact) mass is 569 g/mol. The normalized spacial score (nSPS) is 23.8. The fraction of sp³-hybridized carbons (Fsp3) is 0.577. The van der Waals surface area contributed by atoms with Crippen molar-refractivity contribution in [3.8, 4) is 10.7 Å². The molecule has 1 aromatic carbocycles. The number of alkyl halides is 4. The molecule has 2 fully saturated rings. The van der Waals surface area contributed by atoms with Crippen LogP contribution in [-0.2, 0) is 17.7 Å². The number of fused-ring (bicyclic) bond motifs is 3. The van der Waals surface area contributed by atoms with Crippen LogP contribution in [0.3, 0.4) is 0 Å². The van der Waals surface area contributed by atoms with E-state index in [0.29, 0.717) is 22.2 Å². The Morgan fingerprint density at radius 1 is 1.26 bits per heavy atom. The maximum atomic E-state index is 15.3. The summed E-state index contributed by atoms with van der Waals surface area (Å²) in [7, 11) is 1.95. The second kappa shape index (κ2) is 10.2. The van der Waals surface area contributed by atoms with E-state index in [0.717, 1.165) is 24.2 Å². The number of carbonyl (C=O) groups is 1. The van der Waals surface area contributed by atoms with Crippen molar-refractivity contribution in [2.75, 3.05) is 12.4 Å². The molecule has 2 aromatic heterocycles. The van der Waals surface area contributed by atoms with Crippen LogP contribution < -0.4 is 10.6 Å². The van der Waals surface area contributed by atoms with Gasteiger partial charge in [0, 0.05) is 12.1 Å². The van der Waals surface area contributed by atoms with Gasteiger partial charge in [-0.1, -0.05) is 17.3 Å². The molecule has 13 heteroatoms. The highest BCUT2D eigenvalue weighted by Crippen LogP contribution is 2.44. The molecule has 212 valence electrons. The van der Waals surface area contributed by atoms with Gasteiger partial charge in [-0.15, -0.1) is 11.3 Å². The number of rotatable bonds is 6.